The van der Waals surface area contributed by atoms with Crippen LogP contribution in [-0.4, -0.2) is 5.91 Å². The molecule has 0 fully saturated rings. The molecule has 0 aromatic heterocycles. The lowest BCUT2D eigenvalue weighted by Gasteiger charge is -2.10. The number of hydrogen-bond donors (Lipinski definition) is 1. The molecule has 3 aromatic carbocycles. The van der Waals surface area contributed by atoms with E-state index in [9.17, 15) is 15.3 Å². The van der Waals surface area contributed by atoms with E-state index in [-0.39, 0.29) is 12.2 Å². The Balaban J connectivity index is 1.73. The van der Waals surface area contributed by atoms with E-state index in [4.69, 9.17) is 4.74 Å². The molecule has 0 unspecified atom stereocenters. The number of nitrogens with one attached hydrogen (secondary N) is 1. The van der Waals surface area contributed by atoms with Crippen LogP contribution in [0.2, 0.25) is 0 Å². The van der Waals surface area contributed by atoms with Crippen molar-refractivity contribution >= 4 is 33.6 Å². The van der Waals surface area contributed by atoms with Crippen molar-refractivity contribution in [1.29, 1.82) is 10.5 Å². The average molecular weight is 458 g/mol. The van der Waals surface area contributed by atoms with Gasteiger partial charge in [-0.3, -0.25) is 4.79 Å². The third-order valence-corrected chi connectivity index (χ3v) is 4.80. The first kappa shape index (κ1) is 20.9. The Kier molecular flexibility index (Phi) is 7.00. The van der Waals surface area contributed by atoms with Crippen LogP contribution in [0, 0.1) is 22.7 Å². The van der Waals surface area contributed by atoms with Crippen LogP contribution in [0.5, 0.6) is 5.75 Å². The zero-order chi connectivity index (χ0) is 21.3. The highest BCUT2D eigenvalue weighted by atomic mass is 79.9. The molecule has 3 aromatic rings. The van der Waals surface area contributed by atoms with Crippen LogP contribution in [0.1, 0.15) is 16.7 Å². The number of anilines is 1. The third kappa shape index (κ3) is 5.35. The molecular weight excluding hydrogens is 442 g/mol. The van der Waals surface area contributed by atoms with Crippen molar-refractivity contribution in [3.63, 3.8) is 0 Å². The van der Waals surface area contributed by atoms with E-state index in [1.807, 2.05) is 24.3 Å². The maximum absolute atomic E-state index is 12.4. The second kappa shape index (κ2) is 10.1. The number of para-hydroxylation sites is 1. The molecule has 0 aliphatic heterocycles. The van der Waals surface area contributed by atoms with Gasteiger partial charge in [0, 0.05) is 11.3 Å². The highest BCUT2D eigenvalue weighted by Gasteiger charge is 2.11. The van der Waals surface area contributed by atoms with Gasteiger partial charge in [-0.15, -0.1) is 0 Å². The zero-order valence-corrected chi connectivity index (χ0v) is 17.4. The lowest BCUT2D eigenvalue weighted by Crippen LogP contribution is -2.13. The van der Waals surface area contributed by atoms with E-state index < -0.39 is 5.91 Å². The number of hydrogen-bond acceptors (Lipinski definition) is 4. The first-order chi connectivity index (χ1) is 14.6. The minimum Gasteiger partial charge on any atom is -0.488 e. The lowest BCUT2D eigenvalue weighted by molar-refractivity contribution is -0.112. The molecule has 0 spiro atoms. The Morgan fingerprint density at radius 2 is 1.77 bits per heavy atom. The van der Waals surface area contributed by atoms with Crippen molar-refractivity contribution in [2.24, 2.45) is 0 Å². The molecule has 0 aliphatic carbocycles. The van der Waals surface area contributed by atoms with Gasteiger partial charge in [-0.2, -0.15) is 10.5 Å². The number of carbonyl (C=O) groups is 1. The number of nitrogens with zero attached hydrogens (tertiary/aromatic N) is 2. The van der Waals surface area contributed by atoms with Gasteiger partial charge < -0.3 is 10.1 Å². The molecule has 0 aliphatic rings. The fraction of sp³-hybridized carbons (Fsp3) is 0.0417. The highest BCUT2D eigenvalue weighted by Crippen LogP contribution is 2.28. The molecular formula is C24H16BrN3O2. The van der Waals surface area contributed by atoms with Crippen molar-refractivity contribution in [1.82, 2.24) is 0 Å². The summed E-state index contributed by atoms with van der Waals surface area (Å²) in [7, 11) is 0. The first-order valence-electron chi connectivity index (χ1n) is 8.99. The van der Waals surface area contributed by atoms with Gasteiger partial charge in [-0.05, 0) is 57.9 Å². The van der Waals surface area contributed by atoms with Gasteiger partial charge in [0.2, 0.25) is 0 Å². The predicted molar refractivity (Wildman–Crippen MR) is 118 cm³/mol. The smallest absolute Gasteiger partial charge is 0.266 e. The second-order valence-electron chi connectivity index (χ2n) is 6.24. The topological polar surface area (TPSA) is 85.9 Å². The summed E-state index contributed by atoms with van der Waals surface area (Å²) in [6, 6.07) is 25.5. The second-order valence-corrected chi connectivity index (χ2v) is 7.09. The Morgan fingerprint density at radius 1 is 1.03 bits per heavy atom. The summed E-state index contributed by atoms with van der Waals surface area (Å²) in [5.74, 6) is 0.111. The van der Waals surface area contributed by atoms with Crippen LogP contribution in [0.4, 0.5) is 5.69 Å². The molecule has 5 nitrogen and oxygen atoms in total. The van der Waals surface area contributed by atoms with Crippen LogP contribution in [-0.2, 0) is 11.4 Å². The van der Waals surface area contributed by atoms with Crippen molar-refractivity contribution in [2.75, 3.05) is 5.32 Å². The molecule has 3 rings (SSSR count). The SMILES string of the molecule is N#CC(=Cc1ccc(OCc2ccccc2C#N)c(Br)c1)C(=O)Nc1ccccc1. The number of amides is 1. The quantitative estimate of drug-likeness (QED) is 0.394. The molecule has 0 saturated heterocycles. The van der Waals surface area contributed by atoms with Gasteiger partial charge in [-0.25, -0.2) is 0 Å². The van der Waals surface area contributed by atoms with Crippen molar-refractivity contribution in [3.05, 3.63) is 99.5 Å². The molecule has 1 amide bonds. The molecule has 30 heavy (non-hydrogen) atoms. The van der Waals surface area contributed by atoms with E-state index in [2.05, 4.69) is 27.3 Å². The zero-order valence-electron chi connectivity index (χ0n) is 15.8. The number of halogens is 1. The largest absolute Gasteiger partial charge is 0.488 e. The van der Waals surface area contributed by atoms with E-state index in [0.717, 1.165) is 5.56 Å². The molecule has 0 heterocycles. The summed E-state index contributed by atoms with van der Waals surface area (Å²) in [6.45, 7) is 0.250. The fourth-order valence-electron chi connectivity index (χ4n) is 2.67. The maximum atomic E-state index is 12.4. The van der Waals surface area contributed by atoms with Crippen LogP contribution in [0.25, 0.3) is 6.08 Å². The number of benzene rings is 3. The number of nitriles is 2. The standard InChI is InChI=1S/C24H16BrN3O2/c25-22-13-17(12-20(15-27)24(29)28-21-8-2-1-3-9-21)10-11-23(22)30-16-19-7-5-4-6-18(19)14-26/h1-13H,16H2,(H,28,29). The number of carbonyl (C=O) groups excluding carboxylic acids is 1. The summed E-state index contributed by atoms with van der Waals surface area (Å²) < 4.78 is 6.49. The van der Waals surface area contributed by atoms with Gasteiger partial charge in [0.15, 0.2) is 0 Å². The van der Waals surface area contributed by atoms with Crippen LogP contribution >= 0.6 is 15.9 Å². The Morgan fingerprint density at radius 3 is 2.47 bits per heavy atom. The third-order valence-electron chi connectivity index (χ3n) is 4.18. The van der Waals surface area contributed by atoms with Crippen LogP contribution in [0.15, 0.2) is 82.8 Å². The summed E-state index contributed by atoms with van der Waals surface area (Å²) >= 11 is 3.46. The van der Waals surface area contributed by atoms with Gasteiger partial charge >= 0.3 is 0 Å². The van der Waals surface area contributed by atoms with E-state index in [1.54, 1.807) is 54.6 Å². The summed E-state index contributed by atoms with van der Waals surface area (Å²) in [5, 5.41) is 21.2. The molecule has 0 saturated carbocycles. The van der Waals surface area contributed by atoms with E-state index in [0.29, 0.717) is 27.0 Å². The highest BCUT2D eigenvalue weighted by molar-refractivity contribution is 9.10. The monoisotopic (exact) mass is 457 g/mol. The van der Waals surface area contributed by atoms with E-state index >= 15 is 0 Å². The van der Waals surface area contributed by atoms with E-state index in [1.165, 1.54) is 6.08 Å². The molecule has 6 heteroatoms. The number of rotatable bonds is 6. The van der Waals surface area contributed by atoms with Gasteiger partial charge in [0.05, 0.1) is 16.1 Å². The van der Waals surface area contributed by atoms with Crippen molar-refractivity contribution in [2.45, 2.75) is 6.61 Å². The van der Waals surface area contributed by atoms with Gasteiger partial charge in [0.1, 0.15) is 24.0 Å². The predicted octanol–water partition coefficient (Wildman–Crippen LogP) is 5.45. The molecule has 0 radical (unpaired) electrons. The minimum atomic E-state index is -0.478. The van der Waals surface area contributed by atoms with Crippen LogP contribution < -0.4 is 10.1 Å². The van der Waals surface area contributed by atoms with Gasteiger partial charge in [-0.1, -0.05) is 42.5 Å². The molecule has 1 N–H and O–H groups in total. The van der Waals surface area contributed by atoms with Gasteiger partial charge in [0.25, 0.3) is 5.91 Å². The Hall–Kier alpha value is -3.87. The first-order valence-corrected chi connectivity index (χ1v) is 9.78. The average Bonchev–Trinajstić information content (AvgIpc) is 2.77. The Bertz CT molecular complexity index is 1180. The Labute approximate surface area is 183 Å². The maximum Gasteiger partial charge on any atom is 0.266 e. The summed E-state index contributed by atoms with van der Waals surface area (Å²) in [4.78, 5) is 12.4. The molecule has 146 valence electrons. The van der Waals surface area contributed by atoms with Crippen molar-refractivity contribution < 1.29 is 9.53 Å². The van der Waals surface area contributed by atoms with Crippen LogP contribution in [0.3, 0.4) is 0 Å². The van der Waals surface area contributed by atoms with Crippen molar-refractivity contribution in [3.8, 4) is 17.9 Å². The number of ether oxygens (including phenoxy) is 1. The normalized spacial score (nSPS) is 10.6. The minimum absolute atomic E-state index is 0.0117. The fourth-order valence-corrected chi connectivity index (χ4v) is 3.18. The summed E-state index contributed by atoms with van der Waals surface area (Å²) in [5.41, 5.74) is 2.64. The summed E-state index contributed by atoms with van der Waals surface area (Å²) in [6.07, 6.45) is 1.51. The lowest BCUT2D eigenvalue weighted by atomic mass is 10.1. The molecule has 0 atom stereocenters. The molecule has 0 bridgehead atoms.